The van der Waals surface area contributed by atoms with E-state index < -0.39 is 0 Å². The maximum atomic E-state index is 12.0. The van der Waals surface area contributed by atoms with E-state index in [1.807, 2.05) is 31.2 Å². The van der Waals surface area contributed by atoms with Gasteiger partial charge in [0.2, 0.25) is 5.95 Å². The molecule has 1 N–H and O–H groups in total. The average Bonchev–Trinajstić information content (AvgIpc) is 2.56. The third-order valence-corrected chi connectivity index (χ3v) is 3.00. The number of aryl methyl sites for hydroxylation is 1. The van der Waals surface area contributed by atoms with Gasteiger partial charge in [-0.05, 0) is 19.1 Å². The van der Waals surface area contributed by atoms with Crippen molar-refractivity contribution in [3.05, 3.63) is 66.2 Å². The van der Waals surface area contributed by atoms with E-state index in [2.05, 4.69) is 25.3 Å². The molecule has 0 radical (unpaired) electrons. The minimum Gasteiger partial charge on any atom is -0.289 e. The van der Waals surface area contributed by atoms with Gasteiger partial charge in [0.15, 0.2) is 5.82 Å². The molecule has 0 bridgehead atoms. The highest BCUT2D eigenvalue weighted by Gasteiger charge is 2.10. The quantitative estimate of drug-likeness (QED) is 0.802. The number of amides is 1. The molecule has 3 aromatic rings. The van der Waals surface area contributed by atoms with Gasteiger partial charge in [-0.3, -0.25) is 15.1 Å². The molecule has 108 valence electrons. The highest BCUT2D eigenvalue weighted by Crippen LogP contribution is 2.15. The molecule has 2 aromatic heterocycles. The largest absolute Gasteiger partial charge is 0.289 e. The van der Waals surface area contributed by atoms with E-state index in [1.165, 1.54) is 6.33 Å². The zero-order valence-electron chi connectivity index (χ0n) is 11.9. The Hall–Kier alpha value is -3.15. The molecule has 0 saturated heterocycles. The topological polar surface area (TPSA) is 80.7 Å². The van der Waals surface area contributed by atoms with E-state index in [9.17, 15) is 4.79 Å². The SMILES string of the molecule is Cc1ccc(-c2ncnc(NC(=O)c3ccccn3)n2)cc1. The number of carbonyl (C=O) groups excluding carboxylic acids is 1. The van der Waals surface area contributed by atoms with Gasteiger partial charge in [0, 0.05) is 11.8 Å². The van der Waals surface area contributed by atoms with Crippen LogP contribution in [0.2, 0.25) is 0 Å². The van der Waals surface area contributed by atoms with Crippen LogP contribution in [-0.2, 0) is 0 Å². The first-order chi connectivity index (χ1) is 10.7. The van der Waals surface area contributed by atoms with Gasteiger partial charge in [0.05, 0.1) is 0 Å². The molecule has 0 unspecified atom stereocenters. The van der Waals surface area contributed by atoms with E-state index in [0.29, 0.717) is 11.5 Å². The molecule has 0 atom stereocenters. The number of carbonyl (C=O) groups is 1. The predicted octanol–water partition coefficient (Wildman–Crippen LogP) is 2.49. The smallest absolute Gasteiger partial charge is 0.276 e. The van der Waals surface area contributed by atoms with E-state index in [4.69, 9.17) is 0 Å². The zero-order valence-corrected chi connectivity index (χ0v) is 11.9. The van der Waals surface area contributed by atoms with E-state index in [1.54, 1.807) is 24.4 Å². The van der Waals surface area contributed by atoms with Crippen LogP contribution in [0.15, 0.2) is 55.0 Å². The Bertz CT molecular complexity index is 787. The summed E-state index contributed by atoms with van der Waals surface area (Å²) < 4.78 is 0. The second-order valence-corrected chi connectivity index (χ2v) is 4.67. The normalized spacial score (nSPS) is 10.2. The third-order valence-electron chi connectivity index (χ3n) is 3.00. The summed E-state index contributed by atoms with van der Waals surface area (Å²) >= 11 is 0. The highest BCUT2D eigenvalue weighted by molar-refractivity contribution is 6.01. The summed E-state index contributed by atoms with van der Waals surface area (Å²) in [6, 6.07) is 12.9. The number of pyridine rings is 1. The molecule has 3 rings (SSSR count). The lowest BCUT2D eigenvalue weighted by atomic mass is 10.1. The Morgan fingerprint density at radius 3 is 2.55 bits per heavy atom. The van der Waals surface area contributed by atoms with Crippen molar-refractivity contribution in [1.29, 1.82) is 0 Å². The summed E-state index contributed by atoms with van der Waals surface area (Å²) in [6.45, 7) is 2.01. The Kier molecular flexibility index (Phi) is 3.82. The molecule has 2 heterocycles. The maximum Gasteiger partial charge on any atom is 0.276 e. The first kappa shape index (κ1) is 13.8. The number of hydrogen-bond donors (Lipinski definition) is 1. The lowest BCUT2D eigenvalue weighted by Crippen LogP contribution is -2.15. The number of rotatable bonds is 3. The van der Waals surface area contributed by atoms with Crippen molar-refractivity contribution >= 4 is 11.9 Å². The first-order valence-corrected chi connectivity index (χ1v) is 6.71. The Morgan fingerprint density at radius 2 is 1.82 bits per heavy atom. The lowest BCUT2D eigenvalue weighted by Gasteiger charge is -2.05. The second kappa shape index (κ2) is 6.09. The Morgan fingerprint density at radius 1 is 1.00 bits per heavy atom. The highest BCUT2D eigenvalue weighted by atomic mass is 16.2. The van der Waals surface area contributed by atoms with Crippen molar-refractivity contribution in [3.63, 3.8) is 0 Å². The summed E-state index contributed by atoms with van der Waals surface area (Å²) in [5.74, 6) is 0.342. The zero-order chi connectivity index (χ0) is 15.4. The van der Waals surface area contributed by atoms with Crippen LogP contribution in [0.5, 0.6) is 0 Å². The maximum absolute atomic E-state index is 12.0. The molecule has 1 amide bonds. The van der Waals surface area contributed by atoms with Crippen molar-refractivity contribution in [3.8, 4) is 11.4 Å². The summed E-state index contributed by atoms with van der Waals surface area (Å²) in [7, 11) is 0. The molecular formula is C16H13N5O. The fraction of sp³-hybridized carbons (Fsp3) is 0.0625. The fourth-order valence-electron chi connectivity index (χ4n) is 1.86. The molecule has 0 spiro atoms. The van der Waals surface area contributed by atoms with Crippen LogP contribution in [0.3, 0.4) is 0 Å². The first-order valence-electron chi connectivity index (χ1n) is 6.71. The number of hydrogen-bond acceptors (Lipinski definition) is 5. The Balaban J connectivity index is 1.82. The number of anilines is 1. The van der Waals surface area contributed by atoms with Crippen LogP contribution >= 0.6 is 0 Å². The van der Waals surface area contributed by atoms with E-state index in [0.717, 1.165) is 11.1 Å². The summed E-state index contributed by atoms with van der Waals surface area (Å²) in [6.07, 6.45) is 2.93. The van der Waals surface area contributed by atoms with Crippen LogP contribution < -0.4 is 5.32 Å². The number of benzene rings is 1. The molecule has 22 heavy (non-hydrogen) atoms. The van der Waals surface area contributed by atoms with Gasteiger partial charge < -0.3 is 0 Å². The van der Waals surface area contributed by atoms with E-state index >= 15 is 0 Å². The molecule has 0 saturated carbocycles. The van der Waals surface area contributed by atoms with Crippen LogP contribution in [0, 0.1) is 6.92 Å². The average molecular weight is 291 g/mol. The van der Waals surface area contributed by atoms with E-state index in [-0.39, 0.29) is 11.9 Å². The predicted molar refractivity (Wildman–Crippen MR) is 82.2 cm³/mol. The lowest BCUT2D eigenvalue weighted by molar-refractivity contribution is 0.102. The van der Waals surface area contributed by atoms with Gasteiger partial charge >= 0.3 is 0 Å². The summed E-state index contributed by atoms with van der Waals surface area (Å²) in [5.41, 5.74) is 2.32. The van der Waals surface area contributed by atoms with Crippen molar-refractivity contribution in [2.45, 2.75) is 6.92 Å². The molecule has 0 aliphatic carbocycles. The van der Waals surface area contributed by atoms with Crippen LogP contribution in [0.1, 0.15) is 16.1 Å². The number of nitrogens with zero attached hydrogens (tertiary/aromatic N) is 4. The summed E-state index contributed by atoms with van der Waals surface area (Å²) in [4.78, 5) is 28.4. The van der Waals surface area contributed by atoms with Gasteiger partial charge in [-0.2, -0.15) is 4.98 Å². The van der Waals surface area contributed by atoms with Crippen LogP contribution in [0.25, 0.3) is 11.4 Å². The van der Waals surface area contributed by atoms with Gasteiger partial charge in [0.25, 0.3) is 5.91 Å². The van der Waals surface area contributed by atoms with Crippen molar-refractivity contribution in [2.24, 2.45) is 0 Å². The van der Waals surface area contributed by atoms with Crippen LogP contribution in [-0.4, -0.2) is 25.8 Å². The van der Waals surface area contributed by atoms with Gasteiger partial charge in [-0.15, -0.1) is 0 Å². The third kappa shape index (κ3) is 3.12. The molecule has 6 nitrogen and oxygen atoms in total. The molecule has 1 aromatic carbocycles. The fourth-order valence-corrected chi connectivity index (χ4v) is 1.86. The number of nitrogens with one attached hydrogen (secondary N) is 1. The molecule has 6 heteroatoms. The molecular weight excluding hydrogens is 278 g/mol. The minimum atomic E-state index is -0.360. The monoisotopic (exact) mass is 291 g/mol. The minimum absolute atomic E-state index is 0.196. The molecule has 0 aliphatic heterocycles. The molecule has 0 aliphatic rings. The van der Waals surface area contributed by atoms with Gasteiger partial charge in [-0.25, -0.2) is 9.97 Å². The van der Waals surface area contributed by atoms with Crippen LogP contribution in [0.4, 0.5) is 5.95 Å². The van der Waals surface area contributed by atoms with Crippen molar-refractivity contribution in [1.82, 2.24) is 19.9 Å². The second-order valence-electron chi connectivity index (χ2n) is 4.67. The van der Waals surface area contributed by atoms with Gasteiger partial charge in [0.1, 0.15) is 12.0 Å². The molecule has 0 fully saturated rings. The number of aromatic nitrogens is 4. The Labute approximate surface area is 127 Å². The van der Waals surface area contributed by atoms with Crippen molar-refractivity contribution in [2.75, 3.05) is 5.32 Å². The summed E-state index contributed by atoms with van der Waals surface area (Å²) in [5, 5.41) is 2.62. The van der Waals surface area contributed by atoms with Crippen molar-refractivity contribution < 1.29 is 4.79 Å². The standard InChI is InChI=1S/C16H13N5O/c1-11-5-7-12(8-6-11)14-18-10-19-16(20-14)21-15(22)13-4-2-3-9-17-13/h2-10H,1H3,(H,18,19,20,21,22). The van der Waals surface area contributed by atoms with Gasteiger partial charge in [-0.1, -0.05) is 35.9 Å².